The van der Waals surface area contributed by atoms with Gasteiger partial charge in [-0.3, -0.25) is 4.79 Å². The third-order valence-electron chi connectivity index (χ3n) is 6.22. The van der Waals surface area contributed by atoms with Gasteiger partial charge in [-0.2, -0.15) is 0 Å². The maximum atomic E-state index is 12.3. The summed E-state index contributed by atoms with van der Waals surface area (Å²) in [6, 6.07) is 6.36. The first-order valence-electron chi connectivity index (χ1n) is 13.3. The van der Waals surface area contributed by atoms with Gasteiger partial charge in [-0.05, 0) is 69.2 Å². The molecular formula is C29H47NO5. The molecule has 0 aliphatic carbocycles. The van der Waals surface area contributed by atoms with Gasteiger partial charge in [0.15, 0.2) is 0 Å². The first kappa shape index (κ1) is 30.7. The Hall–Kier alpha value is -2.34. The number of rotatable bonds is 19. The number of carbonyl (C=O) groups excluding carboxylic acids is 1. The minimum atomic E-state index is -1.03. The molecule has 1 amide bonds. The summed E-state index contributed by atoms with van der Waals surface area (Å²) in [7, 11) is 0. The number of aliphatic carboxylic acids is 1. The minimum Gasteiger partial charge on any atom is -0.490 e. The first-order chi connectivity index (χ1) is 16.7. The van der Waals surface area contributed by atoms with Crippen LogP contribution in [0.1, 0.15) is 97.5 Å². The molecule has 0 saturated heterocycles. The zero-order valence-electron chi connectivity index (χ0n) is 22.2. The zero-order chi connectivity index (χ0) is 26.1. The molecule has 6 nitrogen and oxygen atoms in total. The molecule has 0 fully saturated rings. The highest BCUT2D eigenvalue weighted by molar-refractivity contribution is 5.83. The molecule has 0 spiro atoms. The van der Waals surface area contributed by atoms with Gasteiger partial charge in [0.25, 0.3) is 0 Å². The summed E-state index contributed by atoms with van der Waals surface area (Å²) in [6.07, 6.45) is 11.2. The van der Waals surface area contributed by atoms with E-state index in [2.05, 4.69) is 19.2 Å². The predicted molar refractivity (Wildman–Crippen MR) is 142 cm³/mol. The van der Waals surface area contributed by atoms with Crippen LogP contribution in [-0.2, 0) is 16.0 Å². The topological polar surface area (TPSA) is 95.9 Å². The normalized spacial score (nSPS) is 13.5. The fourth-order valence-corrected chi connectivity index (χ4v) is 3.90. The summed E-state index contributed by atoms with van der Waals surface area (Å²) in [5.74, 6) is -0.0200. The van der Waals surface area contributed by atoms with Gasteiger partial charge in [-0.25, -0.2) is 4.79 Å². The average Bonchev–Trinajstić information content (AvgIpc) is 2.81. The van der Waals surface area contributed by atoms with Crippen molar-refractivity contribution in [3.05, 3.63) is 41.5 Å². The van der Waals surface area contributed by atoms with E-state index in [9.17, 15) is 19.8 Å². The van der Waals surface area contributed by atoms with Crippen molar-refractivity contribution in [3.63, 3.8) is 0 Å². The van der Waals surface area contributed by atoms with Gasteiger partial charge < -0.3 is 20.3 Å². The molecule has 0 heterocycles. The van der Waals surface area contributed by atoms with E-state index >= 15 is 0 Å². The van der Waals surface area contributed by atoms with E-state index in [1.165, 1.54) is 18.4 Å². The van der Waals surface area contributed by atoms with Crippen LogP contribution < -0.4 is 10.1 Å². The van der Waals surface area contributed by atoms with Crippen LogP contribution in [-0.4, -0.2) is 40.8 Å². The second kappa shape index (κ2) is 18.0. The summed E-state index contributed by atoms with van der Waals surface area (Å²) in [4.78, 5) is 24.0. The SMILES string of the molecule is CCCCC[C@@H](O)CC[C@H](C)CCCCC(=O)N[C@@H](Cc1ccc(OCC=C(C)C)cc1)C(=O)O. The summed E-state index contributed by atoms with van der Waals surface area (Å²) >= 11 is 0. The maximum absolute atomic E-state index is 12.3. The second-order valence-electron chi connectivity index (χ2n) is 9.98. The largest absolute Gasteiger partial charge is 0.490 e. The Morgan fingerprint density at radius 1 is 1.00 bits per heavy atom. The summed E-state index contributed by atoms with van der Waals surface area (Å²) in [5, 5.41) is 22.3. The van der Waals surface area contributed by atoms with Gasteiger partial charge >= 0.3 is 5.97 Å². The van der Waals surface area contributed by atoms with Crippen LogP contribution >= 0.6 is 0 Å². The third-order valence-corrected chi connectivity index (χ3v) is 6.22. The van der Waals surface area contributed by atoms with E-state index in [-0.39, 0.29) is 18.4 Å². The Bertz CT molecular complexity index is 755. The average molecular weight is 490 g/mol. The van der Waals surface area contributed by atoms with Crippen LogP contribution in [0.25, 0.3) is 0 Å². The van der Waals surface area contributed by atoms with Gasteiger partial charge in [0.2, 0.25) is 5.91 Å². The standard InChI is InChI=1S/C29H47NO5/c1-5-6-7-11-25(31)16-13-23(4)10-8-9-12-28(32)30-27(29(33)34)21-24-14-17-26(18-15-24)35-20-19-22(2)3/h14-15,17-19,23,25,27,31H,5-13,16,20-21H2,1-4H3,(H,30,32)(H,33,34)/t23-,25-,27+/m1/s1. The van der Waals surface area contributed by atoms with Crippen molar-refractivity contribution < 1.29 is 24.5 Å². The summed E-state index contributed by atoms with van der Waals surface area (Å²) in [6.45, 7) is 8.87. The van der Waals surface area contributed by atoms with Crippen molar-refractivity contribution in [2.75, 3.05) is 6.61 Å². The molecule has 0 bridgehead atoms. The Morgan fingerprint density at radius 2 is 1.69 bits per heavy atom. The summed E-state index contributed by atoms with van der Waals surface area (Å²) in [5.41, 5.74) is 2.02. The molecule has 0 saturated carbocycles. The number of hydrogen-bond donors (Lipinski definition) is 3. The number of carbonyl (C=O) groups is 2. The highest BCUT2D eigenvalue weighted by atomic mass is 16.5. The lowest BCUT2D eigenvalue weighted by Crippen LogP contribution is -2.42. The number of aliphatic hydroxyl groups is 1. The van der Waals surface area contributed by atoms with Crippen LogP contribution in [0, 0.1) is 5.92 Å². The molecule has 0 unspecified atom stereocenters. The highest BCUT2D eigenvalue weighted by Crippen LogP contribution is 2.18. The number of carboxylic acids is 1. The Labute approximate surface area is 212 Å². The molecule has 0 aromatic heterocycles. The van der Waals surface area contributed by atoms with Gasteiger partial charge in [-0.15, -0.1) is 0 Å². The highest BCUT2D eigenvalue weighted by Gasteiger charge is 2.20. The number of ether oxygens (including phenoxy) is 1. The number of amides is 1. The number of allylic oxidation sites excluding steroid dienone is 1. The number of carboxylic acid groups (broad SMARTS) is 1. The van der Waals surface area contributed by atoms with Gasteiger partial charge in [0.05, 0.1) is 6.10 Å². The lowest BCUT2D eigenvalue weighted by Gasteiger charge is -2.16. The molecule has 6 heteroatoms. The van der Waals surface area contributed by atoms with Gasteiger partial charge in [0, 0.05) is 12.8 Å². The zero-order valence-corrected chi connectivity index (χ0v) is 22.2. The van der Waals surface area contributed by atoms with E-state index in [4.69, 9.17) is 4.74 Å². The van der Waals surface area contributed by atoms with Crippen LogP contribution in [0.2, 0.25) is 0 Å². The monoisotopic (exact) mass is 489 g/mol. The maximum Gasteiger partial charge on any atom is 0.326 e. The Morgan fingerprint density at radius 3 is 2.31 bits per heavy atom. The van der Waals surface area contributed by atoms with Crippen molar-refractivity contribution >= 4 is 11.9 Å². The van der Waals surface area contributed by atoms with Crippen LogP contribution in [0.5, 0.6) is 5.75 Å². The third kappa shape index (κ3) is 15.3. The number of benzene rings is 1. The number of nitrogens with one attached hydrogen (secondary N) is 1. The van der Waals surface area contributed by atoms with Gasteiger partial charge in [-0.1, -0.05) is 63.7 Å². The first-order valence-corrected chi connectivity index (χ1v) is 13.3. The fourth-order valence-electron chi connectivity index (χ4n) is 3.90. The molecule has 3 N–H and O–H groups in total. The van der Waals surface area contributed by atoms with Gasteiger partial charge in [0.1, 0.15) is 18.4 Å². The molecule has 0 aliphatic rings. The summed E-state index contributed by atoms with van der Waals surface area (Å²) < 4.78 is 5.63. The molecule has 35 heavy (non-hydrogen) atoms. The fraction of sp³-hybridized carbons (Fsp3) is 0.655. The molecular weight excluding hydrogens is 442 g/mol. The number of aliphatic hydroxyl groups excluding tert-OH is 1. The Balaban J connectivity index is 2.32. The molecule has 198 valence electrons. The molecule has 0 radical (unpaired) electrons. The molecule has 1 aromatic carbocycles. The Kier molecular flexibility index (Phi) is 15.8. The smallest absolute Gasteiger partial charge is 0.326 e. The van der Waals surface area contributed by atoms with E-state index in [1.54, 1.807) is 0 Å². The van der Waals surface area contributed by atoms with Crippen LogP contribution in [0.3, 0.4) is 0 Å². The molecule has 0 aliphatic heterocycles. The second-order valence-corrected chi connectivity index (χ2v) is 9.98. The number of hydrogen-bond acceptors (Lipinski definition) is 4. The van der Waals surface area contributed by atoms with E-state index in [0.29, 0.717) is 18.9 Å². The van der Waals surface area contributed by atoms with Crippen molar-refractivity contribution in [3.8, 4) is 5.75 Å². The lowest BCUT2D eigenvalue weighted by molar-refractivity contribution is -0.141. The molecule has 1 aromatic rings. The minimum absolute atomic E-state index is 0.200. The quantitative estimate of drug-likeness (QED) is 0.162. The molecule has 1 rings (SSSR count). The van der Waals surface area contributed by atoms with Crippen LogP contribution in [0.4, 0.5) is 0 Å². The van der Waals surface area contributed by atoms with Crippen molar-refractivity contribution in [2.24, 2.45) is 5.92 Å². The van der Waals surface area contributed by atoms with E-state index < -0.39 is 12.0 Å². The molecule has 3 atom stereocenters. The van der Waals surface area contributed by atoms with Crippen molar-refractivity contribution in [1.29, 1.82) is 0 Å². The van der Waals surface area contributed by atoms with E-state index in [1.807, 2.05) is 44.2 Å². The lowest BCUT2D eigenvalue weighted by atomic mass is 9.95. The van der Waals surface area contributed by atoms with Crippen LogP contribution in [0.15, 0.2) is 35.9 Å². The number of unbranched alkanes of at least 4 members (excludes halogenated alkanes) is 3. The predicted octanol–water partition coefficient (Wildman–Crippen LogP) is 6.06. The van der Waals surface area contributed by atoms with Crippen molar-refractivity contribution in [2.45, 2.75) is 110 Å². The van der Waals surface area contributed by atoms with E-state index in [0.717, 1.165) is 56.3 Å². The van der Waals surface area contributed by atoms with Crippen molar-refractivity contribution in [1.82, 2.24) is 5.32 Å².